The number of aromatic nitrogens is 2. The Balaban J connectivity index is 2.60. The van der Waals surface area contributed by atoms with Crippen LogP contribution >= 0.6 is 27.5 Å². The number of rotatable bonds is 1. The Bertz CT molecular complexity index is 467. The van der Waals surface area contributed by atoms with Crippen molar-refractivity contribution in [2.45, 2.75) is 0 Å². The van der Waals surface area contributed by atoms with Gasteiger partial charge in [0.1, 0.15) is 4.60 Å². The summed E-state index contributed by atoms with van der Waals surface area (Å²) >= 11 is 9.36. The van der Waals surface area contributed by atoms with Crippen molar-refractivity contribution in [2.75, 3.05) is 5.73 Å². The molecule has 72 valence electrons. The molecule has 0 radical (unpaired) electrons. The molecule has 0 saturated carbocycles. The van der Waals surface area contributed by atoms with E-state index in [1.165, 1.54) is 0 Å². The molecule has 0 saturated heterocycles. The van der Waals surface area contributed by atoms with Crippen molar-refractivity contribution in [1.29, 1.82) is 0 Å². The lowest BCUT2D eigenvalue weighted by Crippen LogP contribution is -1.97. The van der Waals surface area contributed by atoms with E-state index >= 15 is 0 Å². The maximum atomic E-state index is 6.02. The second kappa shape index (κ2) is 3.63. The predicted molar refractivity (Wildman–Crippen MR) is 60.7 cm³/mol. The summed E-state index contributed by atoms with van der Waals surface area (Å²) in [6, 6.07) is 7.44. The van der Waals surface area contributed by atoms with Crippen molar-refractivity contribution in [2.24, 2.45) is 0 Å². The van der Waals surface area contributed by atoms with Crippen molar-refractivity contribution >= 4 is 33.2 Å². The fourth-order valence-electron chi connectivity index (χ4n) is 1.14. The largest absolute Gasteiger partial charge is 0.395 e. The first-order valence-corrected chi connectivity index (χ1v) is 5.11. The molecule has 0 amide bonds. The molecule has 0 spiro atoms. The molecule has 5 heteroatoms. The van der Waals surface area contributed by atoms with Crippen LogP contribution < -0.4 is 5.73 Å². The van der Waals surface area contributed by atoms with Gasteiger partial charge < -0.3 is 5.73 Å². The molecule has 3 nitrogen and oxygen atoms in total. The maximum Gasteiger partial charge on any atom is 0.132 e. The van der Waals surface area contributed by atoms with Crippen LogP contribution in [-0.4, -0.2) is 9.78 Å². The van der Waals surface area contributed by atoms with E-state index in [9.17, 15) is 0 Å². The van der Waals surface area contributed by atoms with Crippen LogP contribution in [0.3, 0.4) is 0 Å². The monoisotopic (exact) mass is 271 g/mol. The molecule has 0 unspecified atom stereocenters. The van der Waals surface area contributed by atoms with Crippen molar-refractivity contribution in [1.82, 2.24) is 9.78 Å². The smallest absolute Gasteiger partial charge is 0.132 e. The average molecular weight is 273 g/mol. The summed E-state index contributed by atoms with van der Waals surface area (Å²) in [6.07, 6.45) is 1.58. The van der Waals surface area contributed by atoms with E-state index in [0.29, 0.717) is 15.3 Å². The number of benzene rings is 1. The van der Waals surface area contributed by atoms with Gasteiger partial charge in [-0.1, -0.05) is 23.7 Å². The molecular formula is C9H7BrClN3. The van der Waals surface area contributed by atoms with Crippen LogP contribution in [0.1, 0.15) is 0 Å². The molecule has 0 aliphatic carbocycles. The predicted octanol–water partition coefficient (Wildman–Crippen LogP) is 2.87. The van der Waals surface area contributed by atoms with Gasteiger partial charge in [-0.2, -0.15) is 5.10 Å². The number of nitrogens with two attached hydrogens (primary N) is 1. The third-order valence-corrected chi connectivity index (χ3v) is 2.93. The van der Waals surface area contributed by atoms with Gasteiger partial charge in [-0.05, 0) is 28.1 Å². The number of halogens is 2. The average Bonchev–Trinajstić information content (AvgIpc) is 2.49. The van der Waals surface area contributed by atoms with Crippen molar-refractivity contribution < 1.29 is 0 Å². The van der Waals surface area contributed by atoms with Crippen molar-refractivity contribution in [3.8, 4) is 5.69 Å². The molecular weight excluding hydrogens is 265 g/mol. The van der Waals surface area contributed by atoms with Crippen LogP contribution in [-0.2, 0) is 0 Å². The first-order chi connectivity index (χ1) is 6.70. The van der Waals surface area contributed by atoms with E-state index in [1.54, 1.807) is 16.9 Å². The third kappa shape index (κ3) is 1.51. The number of para-hydroxylation sites is 1. The molecule has 14 heavy (non-hydrogen) atoms. The zero-order valence-electron chi connectivity index (χ0n) is 7.11. The summed E-state index contributed by atoms with van der Waals surface area (Å²) in [4.78, 5) is 0. The minimum absolute atomic E-state index is 0.588. The van der Waals surface area contributed by atoms with Crippen molar-refractivity contribution in [3.05, 3.63) is 40.1 Å². The minimum Gasteiger partial charge on any atom is -0.395 e. The molecule has 0 aliphatic heterocycles. The second-order valence-corrected chi connectivity index (χ2v) is 3.91. The molecule has 2 N–H and O–H groups in total. The Hall–Kier alpha value is -1.000. The molecule has 1 heterocycles. The standard InChI is InChI=1S/C9H7BrClN3/c10-9-7(12)5-13-14(9)8-4-2-1-3-6(8)11/h1-5H,12H2. The highest BCUT2D eigenvalue weighted by molar-refractivity contribution is 9.10. The molecule has 0 atom stereocenters. The summed E-state index contributed by atoms with van der Waals surface area (Å²) < 4.78 is 2.36. The number of nitrogen functional groups attached to an aromatic ring is 1. The van der Waals surface area contributed by atoms with Crippen molar-refractivity contribution in [3.63, 3.8) is 0 Å². The Kier molecular flexibility index (Phi) is 2.48. The van der Waals surface area contributed by atoms with Crippen LogP contribution in [0.4, 0.5) is 5.69 Å². The lowest BCUT2D eigenvalue weighted by Gasteiger charge is -2.04. The van der Waals surface area contributed by atoms with Gasteiger partial charge in [0.2, 0.25) is 0 Å². The number of anilines is 1. The van der Waals surface area contributed by atoms with E-state index < -0.39 is 0 Å². The minimum atomic E-state index is 0.588. The summed E-state index contributed by atoms with van der Waals surface area (Å²) in [5, 5.41) is 4.74. The molecule has 2 rings (SSSR count). The highest BCUT2D eigenvalue weighted by atomic mass is 79.9. The number of hydrogen-bond acceptors (Lipinski definition) is 2. The molecule has 0 aliphatic rings. The van der Waals surface area contributed by atoms with Gasteiger partial charge in [0.15, 0.2) is 0 Å². The van der Waals surface area contributed by atoms with E-state index in [1.807, 2.05) is 18.2 Å². The Morgan fingerprint density at radius 2 is 2.07 bits per heavy atom. The molecule has 1 aromatic heterocycles. The van der Waals surface area contributed by atoms with E-state index in [-0.39, 0.29) is 0 Å². The quantitative estimate of drug-likeness (QED) is 0.867. The summed E-state index contributed by atoms with van der Waals surface area (Å²) in [7, 11) is 0. The van der Waals surface area contributed by atoms with Crippen LogP contribution in [0.25, 0.3) is 5.69 Å². The fourth-order valence-corrected chi connectivity index (χ4v) is 1.74. The zero-order chi connectivity index (χ0) is 10.1. The summed E-state index contributed by atoms with van der Waals surface area (Å²) in [5.41, 5.74) is 7.05. The fraction of sp³-hybridized carbons (Fsp3) is 0. The Morgan fingerprint density at radius 1 is 1.36 bits per heavy atom. The van der Waals surface area contributed by atoms with Gasteiger partial charge in [-0.15, -0.1) is 0 Å². The van der Waals surface area contributed by atoms with Gasteiger partial charge in [0, 0.05) is 0 Å². The second-order valence-electron chi connectivity index (χ2n) is 2.75. The van der Waals surface area contributed by atoms with Crippen LogP contribution in [0.5, 0.6) is 0 Å². The van der Waals surface area contributed by atoms with Gasteiger partial charge >= 0.3 is 0 Å². The molecule has 0 fully saturated rings. The van der Waals surface area contributed by atoms with Gasteiger partial charge in [0.25, 0.3) is 0 Å². The lowest BCUT2D eigenvalue weighted by molar-refractivity contribution is 0.861. The van der Waals surface area contributed by atoms with Gasteiger partial charge in [-0.25, -0.2) is 4.68 Å². The maximum absolute atomic E-state index is 6.02. The Labute approximate surface area is 94.6 Å². The summed E-state index contributed by atoms with van der Waals surface area (Å²) in [5.74, 6) is 0. The number of hydrogen-bond donors (Lipinski definition) is 1. The topological polar surface area (TPSA) is 43.8 Å². The van der Waals surface area contributed by atoms with Crippen LogP contribution in [0.2, 0.25) is 5.02 Å². The van der Waals surface area contributed by atoms with Crippen LogP contribution in [0.15, 0.2) is 35.1 Å². The van der Waals surface area contributed by atoms with E-state index in [0.717, 1.165) is 5.69 Å². The highest BCUT2D eigenvalue weighted by Gasteiger charge is 2.08. The molecule has 1 aromatic carbocycles. The summed E-state index contributed by atoms with van der Waals surface area (Å²) in [6.45, 7) is 0. The SMILES string of the molecule is Nc1cnn(-c2ccccc2Cl)c1Br. The van der Waals surface area contributed by atoms with E-state index in [4.69, 9.17) is 17.3 Å². The lowest BCUT2D eigenvalue weighted by atomic mass is 10.3. The Morgan fingerprint density at radius 3 is 2.64 bits per heavy atom. The molecule has 2 aromatic rings. The number of nitrogens with zero attached hydrogens (tertiary/aromatic N) is 2. The highest BCUT2D eigenvalue weighted by Crippen LogP contribution is 2.26. The third-order valence-electron chi connectivity index (χ3n) is 1.82. The normalized spacial score (nSPS) is 10.4. The van der Waals surface area contributed by atoms with Crippen LogP contribution in [0, 0.1) is 0 Å². The first kappa shape index (κ1) is 9.55. The van der Waals surface area contributed by atoms with E-state index in [2.05, 4.69) is 21.0 Å². The zero-order valence-corrected chi connectivity index (χ0v) is 9.46. The molecule has 0 bridgehead atoms. The van der Waals surface area contributed by atoms with Gasteiger partial charge in [-0.3, -0.25) is 0 Å². The first-order valence-electron chi connectivity index (χ1n) is 3.94. The van der Waals surface area contributed by atoms with Gasteiger partial charge in [0.05, 0.1) is 22.6 Å².